The van der Waals surface area contributed by atoms with E-state index in [0.717, 1.165) is 16.8 Å². The normalized spacial score (nSPS) is 11.5. The second-order valence-corrected chi connectivity index (χ2v) is 9.01. The van der Waals surface area contributed by atoms with Crippen molar-refractivity contribution in [1.82, 2.24) is 0 Å². The number of benzene rings is 4. The van der Waals surface area contributed by atoms with Crippen LogP contribution in [-0.4, -0.2) is 31.8 Å². The second-order valence-electron chi connectivity index (χ2n) is 7.33. The van der Waals surface area contributed by atoms with Crippen molar-refractivity contribution < 1.29 is 23.2 Å². The molecule has 4 aromatic carbocycles. The van der Waals surface area contributed by atoms with Crippen molar-refractivity contribution in [3.05, 3.63) is 94.5 Å². The molecule has 0 unspecified atom stereocenters. The molecule has 11 heteroatoms. The van der Waals surface area contributed by atoms with Crippen molar-refractivity contribution >= 4 is 44.1 Å². The minimum absolute atomic E-state index is 0.00685. The molecular formula is C24H20N4O6S. The van der Waals surface area contributed by atoms with E-state index < -0.39 is 20.6 Å². The molecular weight excluding hydrogens is 472 g/mol. The zero-order valence-corrected chi connectivity index (χ0v) is 19.2. The predicted molar refractivity (Wildman–Crippen MR) is 134 cm³/mol. The van der Waals surface area contributed by atoms with Crippen molar-refractivity contribution in [3.8, 4) is 11.5 Å². The van der Waals surface area contributed by atoms with Crippen LogP contribution >= 0.6 is 0 Å². The quantitative estimate of drug-likeness (QED) is 0.184. The summed E-state index contributed by atoms with van der Waals surface area (Å²) in [6.45, 7) is 0. The third-order valence-electron chi connectivity index (χ3n) is 5.15. The molecule has 0 bridgehead atoms. The van der Waals surface area contributed by atoms with Crippen molar-refractivity contribution in [2.24, 2.45) is 5.10 Å². The fraction of sp³-hybridized carbons (Fsp3) is 0.0417. The van der Waals surface area contributed by atoms with E-state index in [1.807, 2.05) is 24.3 Å². The Morgan fingerprint density at radius 2 is 1.74 bits per heavy atom. The first-order valence-corrected chi connectivity index (χ1v) is 11.7. The highest BCUT2D eigenvalue weighted by Crippen LogP contribution is 2.31. The van der Waals surface area contributed by atoms with Crippen LogP contribution in [0.2, 0.25) is 0 Å². The number of phenols is 1. The predicted octanol–water partition coefficient (Wildman–Crippen LogP) is 4.71. The number of rotatable bonds is 8. The second kappa shape index (κ2) is 9.69. The van der Waals surface area contributed by atoms with Crippen LogP contribution in [0.3, 0.4) is 0 Å². The number of hydrogen-bond donors (Lipinski definition) is 3. The molecule has 35 heavy (non-hydrogen) atoms. The Balaban J connectivity index is 1.62. The highest BCUT2D eigenvalue weighted by Gasteiger charge is 2.22. The van der Waals surface area contributed by atoms with Crippen LogP contribution in [0.1, 0.15) is 5.56 Å². The molecule has 0 aromatic heterocycles. The van der Waals surface area contributed by atoms with Crippen molar-refractivity contribution in [2.45, 2.75) is 4.90 Å². The molecule has 4 aromatic rings. The number of nitro benzene ring substituents is 1. The standard InChI is InChI=1S/C24H20N4O6S/c1-34-24-9-5-4-8-21(24)27-35(32,33)17-11-12-20(22(14-17)28(30)31)26-25-15-19-18-7-3-2-6-16(18)10-13-23(19)29/h2-15,26-27,29H,1H3/b25-15+. The first-order chi connectivity index (χ1) is 16.8. The number of nitrogens with one attached hydrogen (secondary N) is 2. The van der Waals surface area contributed by atoms with Gasteiger partial charge in [0.05, 0.1) is 28.8 Å². The molecule has 10 nitrogen and oxygen atoms in total. The first kappa shape index (κ1) is 23.5. The zero-order chi connectivity index (χ0) is 25.0. The first-order valence-electron chi connectivity index (χ1n) is 10.2. The van der Waals surface area contributed by atoms with Crippen LogP contribution in [0.5, 0.6) is 11.5 Å². The summed E-state index contributed by atoms with van der Waals surface area (Å²) in [5.41, 5.74) is 2.67. The van der Waals surface area contributed by atoms with Gasteiger partial charge < -0.3 is 9.84 Å². The van der Waals surface area contributed by atoms with Crippen LogP contribution in [0.15, 0.2) is 88.9 Å². The zero-order valence-electron chi connectivity index (χ0n) is 18.4. The molecule has 0 aliphatic rings. The molecule has 3 N–H and O–H groups in total. The molecule has 0 saturated carbocycles. The summed E-state index contributed by atoms with van der Waals surface area (Å²) in [6, 6.07) is 20.5. The van der Waals surface area contributed by atoms with E-state index >= 15 is 0 Å². The molecule has 178 valence electrons. The van der Waals surface area contributed by atoms with Gasteiger partial charge in [-0.1, -0.05) is 42.5 Å². The summed E-state index contributed by atoms with van der Waals surface area (Å²) in [5, 5.41) is 27.5. The molecule has 0 fully saturated rings. The number of nitrogens with zero attached hydrogens (tertiary/aromatic N) is 2. The Bertz CT molecular complexity index is 1550. The Morgan fingerprint density at radius 1 is 1.00 bits per heavy atom. The highest BCUT2D eigenvalue weighted by molar-refractivity contribution is 7.92. The molecule has 0 saturated heterocycles. The van der Waals surface area contributed by atoms with Gasteiger partial charge >= 0.3 is 0 Å². The third kappa shape index (κ3) is 4.99. The maximum absolute atomic E-state index is 12.8. The summed E-state index contributed by atoms with van der Waals surface area (Å²) in [6.07, 6.45) is 1.34. The van der Waals surface area contributed by atoms with E-state index in [1.165, 1.54) is 37.6 Å². The molecule has 0 aliphatic heterocycles. The SMILES string of the molecule is COc1ccccc1NS(=O)(=O)c1ccc(N/N=C/c2c(O)ccc3ccccc23)c([N+](=O)[O-])c1. The van der Waals surface area contributed by atoms with Gasteiger partial charge in [0.2, 0.25) is 0 Å². The Labute approximate surface area is 200 Å². The fourth-order valence-electron chi connectivity index (χ4n) is 3.44. The van der Waals surface area contributed by atoms with Crippen molar-refractivity contribution in [2.75, 3.05) is 17.3 Å². The lowest BCUT2D eigenvalue weighted by Gasteiger charge is -2.12. The van der Waals surface area contributed by atoms with Crippen LogP contribution < -0.4 is 14.9 Å². The van der Waals surface area contributed by atoms with Gasteiger partial charge in [0.15, 0.2) is 0 Å². The maximum Gasteiger partial charge on any atom is 0.295 e. The molecule has 0 heterocycles. The lowest BCUT2D eigenvalue weighted by atomic mass is 10.0. The number of sulfonamides is 1. The average molecular weight is 493 g/mol. The molecule has 0 radical (unpaired) electrons. The van der Waals surface area contributed by atoms with Crippen LogP contribution in [-0.2, 0) is 10.0 Å². The van der Waals surface area contributed by atoms with Crippen LogP contribution in [0.25, 0.3) is 10.8 Å². The summed E-state index contributed by atoms with van der Waals surface area (Å²) >= 11 is 0. The van der Waals surface area contributed by atoms with Gasteiger partial charge in [-0.3, -0.25) is 20.3 Å². The van der Waals surface area contributed by atoms with Gasteiger partial charge in [0.25, 0.3) is 15.7 Å². The van der Waals surface area contributed by atoms with E-state index in [0.29, 0.717) is 11.3 Å². The minimum Gasteiger partial charge on any atom is -0.507 e. The van der Waals surface area contributed by atoms with Crippen molar-refractivity contribution in [3.63, 3.8) is 0 Å². The summed E-state index contributed by atoms with van der Waals surface area (Å²) in [4.78, 5) is 10.6. The van der Waals surface area contributed by atoms with E-state index in [2.05, 4.69) is 15.2 Å². The number of fused-ring (bicyclic) bond motifs is 1. The molecule has 0 spiro atoms. The number of anilines is 2. The molecule has 0 amide bonds. The Morgan fingerprint density at radius 3 is 2.51 bits per heavy atom. The Kier molecular flexibility index (Phi) is 6.51. The summed E-state index contributed by atoms with van der Waals surface area (Å²) in [5.74, 6) is 0.294. The van der Waals surface area contributed by atoms with Gasteiger partial charge in [-0.25, -0.2) is 8.42 Å². The van der Waals surface area contributed by atoms with Crippen LogP contribution in [0.4, 0.5) is 17.1 Å². The lowest BCUT2D eigenvalue weighted by molar-refractivity contribution is -0.384. The number of methoxy groups -OCH3 is 1. The number of phenolic OH excluding ortho intramolecular Hbond substituents is 1. The van der Waals surface area contributed by atoms with Gasteiger partial charge in [0.1, 0.15) is 17.2 Å². The monoisotopic (exact) mass is 492 g/mol. The molecule has 4 rings (SSSR count). The van der Waals surface area contributed by atoms with E-state index in [-0.39, 0.29) is 22.0 Å². The number of hydrogen-bond acceptors (Lipinski definition) is 8. The van der Waals surface area contributed by atoms with Crippen LogP contribution in [0, 0.1) is 10.1 Å². The number of aromatic hydroxyl groups is 1. The number of ether oxygens (including phenoxy) is 1. The summed E-state index contributed by atoms with van der Waals surface area (Å²) in [7, 11) is -2.75. The van der Waals surface area contributed by atoms with Crippen molar-refractivity contribution in [1.29, 1.82) is 0 Å². The highest BCUT2D eigenvalue weighted by atomic mass is 32.2. The van der Waals surface area contributed by atoms with Gasteiger partial charge in [0, 0.05) is 11.6 Å². The molecule has 0 atom stereocenters. The van der Waals surface area contributed by atoms with Gasteiger partial charge in [-0.2, -0.15) is 5.10 Å². The number of para-hydroxylation sites is 2. The molecule has 0 aliphatic carbocycles. The fourth-order valence-corrected chi connectivity index (χ4v) is 4.53. The number of hydrazone groups is 1. The number of nitro groups is 1. The van der Waals surface area contributed by atoms with E-state index in [4.69, 9.17) is 4.74 Å². The van der Waals surface area contributed by atoms with Gasteiger partial charge in [-0.05, 0) is 41.1 Å². The summed E-state index contributed by atoms with van der Waals surface area (Å²) < 4.78 is 33.2. The topological polar surface area (TPSA) is 143 Å². The van der Waals surface area contributed by atoms with Gasteiger partial charge in [-0.15, -0.1) is 0 Å². The third-order valence-corrected chi connectivity index (χ3v) is 6.52. The largest absolute Gasteiger partial charge is 0.507 e. The smallest absolute Gasteiger partial charge is 0.295 e. The Hall–Kier alpha value is -4.64. The lowest BCUT2D eigenvalue weighted by Crippen LogP contribution is -2.14. The maximum atomic E-state index is 12.8. The van der Waals surface area contributed by atoms with E-state index in [1.54, 1.807) is 24.3 Å². The average Bonchev–Trinajstić information content (AvgIpc) is 2.85. The van der Waals surface area contributed by atoms with E-state index in [9.17, 15) is 23.6 Å². The minimum atomic E-state index is -4.15.